The van der Waals surface area contributed by atoms with Gasteiger partial charge < -0.3 is 6.92 Å². The molecule has 51 heavy (non-hydrogen) atoms. The summed E-state index contributed by atoms with van der Waals surface area (Å²) in [6, 6.07) is 33.2. The zero-order valence-electron chi connectivity index (χ0n) is 32.4. The summed E-state index contributed by atoms with van der Waals surface area (Å²) >= 11 is 6.25. The third-order valence-electron chi connectivity index (χ3n) is 9.02. The van der Waals surface area contributed by atoms with Gasteiger partial charge in [0.15, 0.2) is 0 Å². The van der Waals surface area contributed by atoms with Crippen LogP contribution >= 0.6 is 14.2 Å². The van der Waals surface area contributed by atoms with Crippen molar-refractivity contribution in [3.8, 4) is 22.3 Å². The van der Waals surface area contributed by atoms with Gasteiger partial charge in [-0.1, -0.05) is 140 Å². The predicted octanol–water partition coefficient (Wildman–Crippen LogP) is 15.6. The average Bonchev–Trinajstić information content (AvgIpc) is 3.18. The molecule has 0 aromatic heterocycles. The molecule has 0 heterocycles. The van der Waals surface area contributed by atoms with E-state index >= 15 is 0 Å². The van der Waals surface area contributed by atoms with Crippen LogP contribution in [0, 0.1) is 6.92 Å². The second-order valence-corrected chi connectivity index (χ2v) is 13.2. The summed E-state index contributed by atoms with van der Waals surface area (Å²) in [6.45, 7) is 16.9. The Morgan fingerprint density at radius 2 is 1.10 bits per heavy atom. The van der Waals surface area contributed by atoms with Crippen molar-refractivity contribution >= 4 is 37.0 Å². The Hall–Kier alpha value is -2.81. The van der Waals surface area contributed by atoms with Gasteiger partial charge in [-0.3, -0.25) is 9.98 Å². The Kier molecular flexibility index (Phi) is 23.4. The van der Waals surface area contributed by atoms with E-state index in [1.807, 2.05) is 0 Å². The van der Waals surface area contributed by atoms with E-state index < -0.39 is 0 Å². The number of nitrogens with zero attached hydrogens (tertiary/aromatic N) is 2. The van der Waals surface area contributed by atoms with Crippen LogP contribution in [0.15, 0.2) is 101 Å². The van der Waals surface area contributed by atoms with Gasteiger partial charge in [-0.25, -0.2) is 0 Å². The quantitative estimate of drug-likeness (QED) is 0.0415. The molecule has 0 aliphatic carbocycles. The molecule has 4 aromatic carbocycles. The summed E-state index contributed by atoms with van der Waals surface area (Å²) in [5, 5.41) is 0. The van der Waals surface area contributed by atoms with Crippen LogP contribution in [0.1, 0.15) is 129 Å². The van der Waals surface area contributed by atoms with Crippen LogP contribution in [0.2, 0.25) is 0 Å². The SMILES string of the molecule is CCCCCCc1cc(N=C(C)C(CC)=Nc2cc(CCCC)cc(-c3ccccc3)c2)cc(CCCC)c1-c1ccccc1.[CH2-]CCC.[Ni][Br]. The van der Waals surface area contributed by atoms with Crippen LogP contribution in [0.5, 0.6) is 0 Å². The number of halogens is 1. The van der Waals surface area contributed by atoms with Crippen LogP contribution in [0.4, 0.5) is 11.4 Å². The van der Waals surface area contributed by atoms with Gasteiger partial charge in [-0.15, -0.1) is 0 Å². The van der Waals surface area contributed by atoms with Gasteiger partial charge in [0.1, 0.15) is 0 Å². The number of benzene rings is 4. The first-order chi connectivity index (χ1) is 25.0. The van der Waals surface area contributed by atoms with Gasteiger partial charge in [-0.05, 0) is 115 Å². The van der Waals surface area contributed by atoms with Crippen LogP contribution < -0.4 is 0 Å². The van der Waals surface area contributed by atoms with Crippen LogP contribution in [0.25, 0.3) is 22.3 Å². The Labute approximate surface area is 327 Å². The molecular weight excluding hydrogens is 731 g/mol. The first-order valence-corrected chi connectivity index (χ1v) is 21.9. The third-order valence-corrected chi connectivity index (χ3v) is 9.02. The van der Waals surface area contributed by atoms with Crippen molar-refractivity contribution in [2.75, 3.05) is 0 Å². The first kappa shape index (κ1) is 44.4. The van der Waals surface area contributed by atoms with Crippen LogP contribution in [0.3, 0.4) is 0 Å². The molecule has 0 saturated carbocycles. The summed E-state index contributed by atoms with van der Waals surface area (Å²) in [4.78, 5) is 10.5. The molecule has 2 nitrogen and oxygen atoms in total. The summed E-state index contributed by atoms with van der Waals surface area (Å²) in [5.41, 5.74) is 13.6. The number of unbranched alkanes of at least 4 members (excludes halogenated alkanes) is 6. The van der Waals surface area contributed by atoms with Crippen molar-refractivity contribution in [2.24, 2.45) is 9.98 Å². The number of hydrogen-bond donors (Lipinski definition) is 0. The minimum atomic E-state index is 0.837. The Morgan fingerprint density at radius 1 is 0.569 bits per heavy atom. The molecule has 0 aliphatic heterocycles. The standard InChI is InChI=1S/C43H54N2.C4H9.BrH.Ni/c1-6-10-13-16-27-38-31-41(30-37(22-12-8-3)43(38)36-25-19-15-20-26-36)44-33(5)42(9-4)45-40-29-34(21-11-7-2)28-39(32-40)35-23-17-14-18-24-35;1-3-4-2;;/h14-15,17-20,23-26,28-32H,6-13,16,21-22,27H2,1-5H3;1,3-4H2,2H3;1H;/q;-1;;+1/p-1. The molecular formula is C47H63BrN2Ni-. The van der Waals surface area contributed by atoms with Gasteiger partial charge in [-0.2, -0.15) is 6.42 Å². The van der Waals surface area contributed by atoms with Gasteiger partial charge >= 0.3 is 27.9 Å². The molecule has 0 amide bonds. The molecule has 0 atom stereocenters. The van der Waals surface area contributed by atoms with Crippen LogP contribution in [-0.2, 0) is 33.0 Å². The molecule has 0 saturated heterocycles. The number of rotatable bonds is 18. The van der Waals surface area contributed by atoms with E-state index in [2.05, 4.69) is 167 Å². The fourth-order valence-corrected chi connectivity index (χ4v) is 6.18. The topological polar surface area (TPSA) is 24.7 Å². The Balaban J connectivity index is 0.00000140. The Morgan fingerprint density at radius 3 is 1.65 bits per heavy atom. The third kappa shape index (κ3) is 15.8. The van der Waals surface area contributed by atoms with E-state index in [1.54, 1.807) is 0 Å². The molecule has 4 aromatic rings. The van der Waals surface area contributed by atoms with E-state index in [1.165, 1.54) is 96.7 Å². The van der Waals surface area contributed by atoms with E-state index in [9.17, 15) is 0 Å². The fraction of sp³-hybridized carbons (Fsp3) is 0.426. The van der Waals surface area contributed by atoms with E-state index in [0.29, 0.717) is 0 Å². The second-order valence-electron chi connectivity index (χ2n) is 13.2. The number of aryl methyl sites for hydroxylation is 3. The Bertz CT molecular complexity index is 1580. The predicted molar refractivity (Wildman–Crippen MR) is 228 cm³/mol. The molecule has 0 N–H and O–H groups in total. The van der Waals surface area contributed by atoms with Crippen molar-refractivity contribution in [3.63, 3.8) is 0 Å². The van der Waals surface area contributed by atoms with Gasteiger partial charge in [0.2, 0.25) is 0 Å². The minimum absolute atomic E-state index is 0.837. The molecule has 0 bridgehead atoms. The van der Waals surface area contributed by atoms with Gasteiger partial charge in [0.05, 0.1) is 22.8 Å². The second kappa shape index (κ2) is 26.9. The fourth-order valence-electron chi connectivity index (χ4n) is 6.18. The summed E-state index contributed by atoms with van der Waals surface area (Å²) < 4.78 is 0. The number of hydrogen-bond acceptors (Lipinski definition) is 2. The van der Waals surface area contributed by atoms with Crippen molar-refractivity contribution in [1.82, 2.24) is 0 Å². The van der Waals surface area contributed by atoms with Crippen molar-refractivity contribution in [1.29, 1.82) is 0 Å². The van der Waals surface area contributed by atoms with Gasteiger partial charge in [0.25, 0.3) is 0 Å². The van der Waals surface area contributed by atoms with E-state index in [4.69, 9.17) is 9.98 Å². The maximum atomic E-state index is 5.27. The molecule has 0 aliphatic rings. The van der Waals surface area contributed by atoms with E-state index in [0.717, 1.165) is 54.9 Å². The van der Waals surface area contributed by atoms with Crippen LogP contribution in [-0.4, -0.2) is 11.4 Å². The maximum absolute atomic E-state index is 5.27. The number of aliphatic imine (C=N–C) groups is 2. The molecule has 4 heteroatoms. The summed E-state index contributed by atoms with van der Waals surface area (Å²) in [6.07, 6.45) is 16.1. The normalized spacial score (nSPS) is 11.4. The van der Waals surface area contributed by atoms with E-state index in [-0.39, 0.29) is 0 Å². The first-order valence-electron chi connectivity index (χ1n) is 19.4. The van der Waals surface area contributed by atoms with Crippen molar-refractivity contribution in [3.05, 3.63) is 115 Å². The molecule has 0 fully saturated rings. The zero-order valence-corrected chi connectivity index (χ0v) is 34.9. The monoisotopic (exact) mass is 792 g/mol. The molecule has 279 valence electrons. The molecule has 0 spiro atoms. The summed E-state index contributed by atoms with van der Waals surface area (Å²) in [7, 11) is 0. The molecule has 4 rings (SSSR count). The van der Waals surface area contributed by atoms with Gasteiger partial charge in [0, 0.05) is 0 Å². The zero-order chi connectivity index (χ0) is 37.3. The van der Waals surface area contributed by atoms with Crippen molar-refractivity contribution in [2.45, 2.75) is 131 Å². The van der Waals surface area contributed by atoms with Crippen molar-refractivity contribution < 1.29 is 13.7 Å². The summed E-state index contributed by atoms with van der Waals surface area (Å²) in [5.74, 6) is 0. The molecule has 0 radical (unpaired) electrons. The average molecular weight is 795 g/mol. The molecule has 0 unspecified atom stereocenters.